The van der Waals surface area contributed by atoms with Crippen LogP contribution in [-0.4, -0.2) is 18.1 Å². The van der Waals surface area contributed by atoms with Gasteiger partial charge in [0.25, 0.3) is 0 Å². The molecule has 0 aliphatic carbocycles. The van der Waals surface area contributed by atoms with Crippen LogP contribution < -0.4 is 0 Å². The predicted octanol–water partition coefficient (Wildman–Crippen LogP) is 2.63. The average molecular weight is 308 g/mol. The van der Waals surface area contributed by atoms with Crippen LogP contribution in [0, 0.1) is 29.1 Å². The molecule has 0 N–H and O–H groups in total. The molecule has 0 amide bonds. The van der Waals surface area contributed by atoms with Gasteiger partial charge in [-0.25, -0.2) is 31.5 Å². The van der Waals surface area contributed by atoms with Gasteiger partial charge in [-0.2, -0.15) is 13.2 Å². The molecule has 1 rings (SSSR count). The summed E-state index contributed by atoms with van der Waals surface area (Å²) in [6.45, 7) is 0. The van der Waals surface area contributed by atoms with Gasteiger partial charge in [0.2, 0.25) is 5.82 Å². The minimum atomic E-state index is -5.69. The molecule has 0 radical (unpaired) electrons. The van der Waals surface area contributed by atoms with Crippen LogP contribution in [-0.2, 0) is 9.53 Å². The summed E-state index contributed by atoms with van der Waals surface area (Å²) < 4.78 is 102. The third-order valence-electron chi connectivity index (χ3n) is 1.83. The Morgan fingerprint density at radius 3 is 1.45 bits per heavy atom. The number of carbonyl (C=O) groups is 2. The highest BCUT2D eigenvalue weighted by Crippen LogP contribution is 2.25. The highest BCUT2D eigenvalue weighted by molar-refractivity contribution is 5.98. The topological polar surface area (TPSA) is 43.4 Å². The van der Waals surface area contributed by atoms with E-state index in [1.807, 2.05) is 0 Å². The Morgan fingerprint density at radius 1 is 0.750 bits per heavy atom. The Morgan fingerprint density at radius 2 is 1.10 bits per heavy atom. The molecule has 0 saturated heterocycles. The normalized spacial score (nSPS) is 11.4. The van der Waals surface area contributed by atoms with Crippen LogP contribution >= 0.6 is 0 Å². The second kappa shape index (κ2) is 5.06. The highest BCUT2D eigenvalue weighted by atomic mass is 19.4. The lowest BCUT2D eigenvalue weighted by molar-refractivity contribution is -0.193. The first-order valence-corrected chi connectivity index (χ1v) is 4.33. The van der Waals surface area contributed by atoms with Crippen molar-refractivity contribution in [2.75, 3.05) is 0 Å². The molecule has 0 spiro atoms. The zero-order chi connectivity index (χ0) is 15.8. The van der Waals surface area contributed by atoms with Gasteiger partial charge in [0, 0.05) is 0 Å². The number of hydrogen-bond donors (Lipinski definition) is 0. The molecule has 0 saturated carbocycles. The molecular formula is C9F8O3. The Labute approximate surface area is 103 Å². The maximum Gasteiger partial charge on any atom is 0.491 e. The molecule has 0 aliphatic heterocycles. The van der Waals surface area contributed by atoms with Crippen molar-refractivity contribution in [3.05, 3.63) is 34.6 Å². The predicted molar refractivity (Wildman–Crippen MR) is 42.7 cm³/mol. The fraction of sp³-hybridized carbons (Fsp3) is 0.111. The van der Waals surface area contributed by atoms with E-state index in [4.69, 9.17) is 0 Å². The van der Waals surface area contributed by atoms with Gasteiger partial charge in [-0.1, -0.05) is 0 Å². The van der Waals surface area contributed by atoms with Gasteiger partial charge in [0.05, 0.1) is 0 Å². The Bertz CT molecular complexity index is 563. The lowest BCUT2D eigenvalue weighted by atomic mass is 10.1. The number of alkyl halides is 3. The summed E-state index contributed by atoms with van der Waals surface area (Å²) in [6.07, 6.45) is -5.69. The molecule has 0 bridgehead atoms. The number of carbonyl (C=O) groups excluding carboxylic acids is 2. The van der Waals surface area contributed by atoms with Gasteiger partial charge in [0.15, 0.2) is 23.3 Å². The zero-order valence-corrected chi connectivity index (χ0v) is 8.75. The summed E-state index contributed by atoms with van der Waals surface area (Å²) >= 11 is 0. The summed E-state index contributed by atoms with van der Waals surface area (Å²) in [5.74, 6) is -19.1. The zero-order valence-electron chi connectivity index (χ0n) is 8.75. The minimum absolute atomic E-state index is 2.31. The van der Waals surface area contributed by atoms with Crippen LogP contribution in [0.1, 0.15) is 10.4 Å². The smallest absolute Gasteiger partial charge is 0.382 e. The van der Waals surface area contributed by atoms with E-state index in [1.54, 1.807) is 0 Å². The largest absolute Gasteiger partial charge is 0.491 e. The molecule has 3 nitrogen and oxygen atoms in total. The summed E-state index contributed by atoms with van der Waals surface area (Å²) in [5, 5.41) is 0. The fourth-order valence-electron chi connectivity index (χ4n) is 0.977. The molecule has 110 valence electrons. The number of esters is 2. The van der Waals surface area contributed by atoms with Gasteiger partial charge >= 0.3 is 18.1 Å². The van der Waals surface area contributed by atoms with Crippen LogP contribution in [0.5, 0.6) is 0 Å². The van der Waals surface area contributed by atoms with E-state index >= 15 is 0 Å². The van der Waals surface area contributed by atoms with Crippen LogP contribution in [0.3, 0.4) is 0 Å². The Kier molecular flexibility index (Phi) is 4.01. The molecule has 0 atom stereocenters. The first-order valence-electron chi connectivity index (χ1n) is 4.33. The number of halogens is 8. The molecule has 0 aromatic heterocycles. The number of hydrogen-bond acceptors (Lipinski definition) is 3. The molecule has 0 aliphatic rings. The molecule has 0 heterocycles. The van der Waals surface area contributed by atoms with E-state index in [0.717, 1.165) is 0 Å². The summed E-state index contributed by atoms with van der Waals surface area (Å²) in [4.78, 5) is 21.1. The van der Waals surface area contributed by atoms with E-state index in [-0.39, 0.29) is 0 Å². The molecule has 11 heteroatoms. The summed E-state index contributed by atoms with van der Waals surface area (Å²) in [7, 11) is 0. The Hall–Kier alpha value is -2.20. The van der Waals surface area contributed by atoms with E-state index in [9.17, 15) is 44.7 Å². The number of ether oxygens (including phenoxy) is 1. The van der Waals surface area contributed by atoms with E-state index in [0.29, 0.717) is 0 Å². The van der Waals surface area contributed by atoms with Crippen molar-refractivity contribution < 1.29 is 49.4 Å². The number of benzene rings is 1. The van der Waals surface area contributed by atoms with Crippen molar-refractivity contribution in [2.24, 2.45) is 0 Å². The summed E-state index contributed by atoms with van der Waals surface area (Å²) in [6, 6.07) is 0. The first-order chi connectivity index (χ1) is 8.98. The van der Waals surface area contributed by atoms with Crippen molar-refractivity contribution >= 4 is 11.9 Å². The van der Waals surface area contributed by atoms with Gasteiger partial charge in [-0.15, -0.1) is 0 Å². The Balaban J connectivity index is 3.28. The van der Waals surface area contributed by atoms with Crippen molar-refractivity contribution in [1.29, 1.82) is 0 Å². The van der Waals surface area contributed by atoms with Gasteiger partial charge in [-0.3, -0.25) is 0 Å². The molecule has 20 heavy (non-hydrogen) atoms. The maximum atomic E-state index is 13.0. The van der Waals surface area contributed by atoms with E-state index in [2.05, 4.69) is 4.74 Å². The van der Waals surface area contributed by atoms with E-state index in [1.165, 1.54) is 0 Å². The SMILES string of the molecule is O=C(OC(=O)C(F)(F)F)c1c(F)c(F)c(F)c(F)c1F. The van der Waals surface area contributed by atoms with Crippen molar-refractivity contribution in [1.82, 2.24) is 0 Å². The maximum absolute atomic E-state index is 13.0. The van der Waals surface area contributed by atoms with Crippen LogP contribution in [0.2, 0.25) is 0 Å². The van der Waals surface area contributed by atoms with Crippen LogP contribution in [0.4, 0.5) is 35.1 Å². The first kappa shape index (κ1) is 15.9. The third kappa shape index (κ3) is 2.70. The molecule has 0 fully saturated rings. The second-order valence-corrected chi connectivity index (χ2v) is 3.12. The van der Waals surface area contributed by atoms with Crippen LogP contribution in [0.25, 0.3) is 0 Å². The second-order valence-electron chi connectivity index (χ2n) is 3.12. The molecular weight excluding hydrogens is 308 g/mol. The van der Waals surface area contributed by atoms with Gasteiger partial charge < -0.3 is 4.74 Å². The monoisotopic (exact) mass is 308 g/mol. The summed E-state index contributed by atoms with van der Waals surface area (Å²) in [5.41, 5.74) is -2.31. The standard InChI is InChI=1S/C9F8O3/c10-2-1(3(11)5(13)6(14)4(2)12)7(18)20-8(19)9(15,16)17. The fourth-order valence-corrected chi connectivity index (χ4v) is 0.977. The lowest BCUT2D eigenvalue weighted by Crippen LogP contribution is -2.29. The molecule has 1 aromatic carbocycles. The van der Waals surface area contributed by atoms with E-state index < -0.39 is 52.8 Å². The van der Waals surface area contributed by atoms with Crippen molar-refractivity contribution in [3.8, 4) is 0 Å². The number of rotatable bonds is 1. The van der Waals surface area contributed by atoms with Crippen molar-refractivity contribution in [2.45, 2.75) is 6.18 Å². The quantitative estimate of drug-likeness (QED) is 0.263. The highest BCUT2D eigenvalue weighted by Gasteiger charge is 2.43. The third-order valence-corrected chi connectivity index (χ3v) is 1.83. The molecule has 1 aromatic rings. The van der Waals surface area contributed by atoms with Gasteiger partial charge in [-0.05, 0) is 0 Å². The minimum Gasteiger partial charge on any atom is -0.382 e. The van der Waals surface area contributed by atoms with Crippen molar-refractivity contribution in [3.63, 3.8) is 0 Å². The average Bonchev–Trinajstić information content (AvgIpc) is 2.33. The lowest BCUT2D eigenvalue weighted by Gasteiger charge is -2.08. The molecule has 0 unspecified atom stereocenters. The van der Waals surface area contributed by atoms with Crippen LogP contribution in [0.15, 0.2) is 0 Å². The van der Waals surface area contributed by atoms with Gasteiger partial charge in [0.1, 0.15) is 5.56 Å².